The smallest absolute Gasteiger partial charge is 0.138 e. The molecule has 4 heteroatoms. The van der Waals surface area contributed by atoms with E-state index in [2.05, 4.69) is 27.8 Å². The summed E-state index contributed by atoms with van der Waals surface area (Å²) >= 11 is 5.77. The average molecular weight is 234 g/mol. The van der Waals surface area contributed by atoms with Crippen LogP contribution in [0, 0.1) is 31.4 Å². The summed E-state index contributed by atoms with van der Waals surface area (Å²) in [7, 11) is 0. The summed E-state index contributed by atoms with van der Waals surface area (Å²) in [5.41, 5.74) is 3.98. The Labute approximate surface area is 99.0 Å². The third kappa shape index (κ3) is 2.45. The molecule has 76 valence electrons. The summed E-state index contributed by atoms with van der Waals surface area (Å²) in [4.78, 5) is 5.00. The molecule has 0 fully saturated rings. The summed E-state index contributed by atoms with van der Waals surface area (Å²) in [6.07, 6.45) is 0. The van der Waals surface area contributed by atoms with Gasteiger partial charge in [0.05, 0.1) is 10.8 Å². The Morgan fingerprint density at radius 1 is 1.33 bits per heavy atom. The maximum atomic E-state index is 8.70. The van der Waals surface area contributed by atoms with Gasteiger partial charge in [-0.2, -0.15) is 10.3 Å². The molecule has 0 aliphatic carbocycles. The molecule has 0 radical (unpaired) electrons. The molecule has 1 aromatic rings. The van der Waals surface area contributed by atoms with E-state index in [0.717, 1.165) is 39.0 Å². The highest BCUT2D eigenvalue weighted by molar-refractivity contribution is 8.03. The van der Waals surface area contributed by atoms with Crippen molar-refractivity contribution in [3.63, 3.8) is 0 Å². The van der Waals surface area contributed by atoms with Gasteiger partial charge in [-0.05, 0) is 61.4 Å². The number of thiocarbonyl (C=S) groups is 1. The molecule has 0 aromatic heterocycles. The number of rotatable bonds is 2. The van der Waals surface area contributed by atoms with Crippen LogP contribution in [0.2, 0.25) is 0 Å². The number of thiocyanates is 1. The number of nitrogens with zero attached hydrogens (tertiary/aromatic N) is 2. The van der Waals surface area contributed by atoms with Crippen LogP contribution < -0.4 is 0 Å². The number of hydrogen-bond donors (Lipinski definition) is 0. The summed E-state index contributed by atoms with van der Waals surface area (Å²) in [5.74, 6) is 0. The summed E-state index contributed by atoms with van der Waals surface area (Å²) in [5, 5.41) is 13.2. The first kappa shape index (κ1) is 11.9. The Hall–Kier alpha value is -1.14. The van der Waals surface area contributed by atoms with E-state index in [9.17, 15) is 0 Å². The van der Waals surface area contributed by atoms with Gasteiger partial charge in [0.2, 0.25) is 0 Å². The zero-order valence-electron chi connectivity index (χ0n) is 8.79. The molecule has 0 amide bonds. The number of aryl methyl sites for hydroxylation is 2. The van der Waals surface area contributed by atoms with Crippen LogP contribution in [-0.2, 0) is 0 Å². The SMILES string of the molecule is Cc1cc(C)c(SC#N)c(C)c1N=C=S. The van der Waals surface area contributed by atoms with Gasteiger partial charge < -0.3 is 0 Å². The minimum Gasteiger partial charge on any atom is -0.194 e. The third-order valence-electron chi connectivity index (χ3n) is 2.17. The number of aliphatic imine (C=N–C) groups is 1. The van der Waals surface area contributed by atoms with E-state index in [4.69, 9.17) is 5.26 Å². The van der Waals surface area contributed by atoms with Crippen LogP contribution in [0.25, 0.3) is 0 Å². The number of nitriles is 1. The van der Waals surface area contributed by atoms with E-state index in [1.807, 2.05) is 26.8 Å². The molecule has 0 bridgehead atoms. The molecule has 2 nitrogen and oxygen atoms in total. The van der Waals surface area contributed by atoms with Gasteiger partial charge in [0.25, 0.3) is 0 Å². The fourth-order valence-corrected chi connectivity index (χ4v) is 2.23. The van der Waals surface area contributed by atoms with Crippen molar-refractivity contribution in [1.82, 2.24) is 0 Å². The lowest BCUT2D eigenvalue weighted by atomic mass is 10.1. The van der Waals surface area contributed by atoms with E-state index in [1.54, 1.807) is 0 Å². The number of thioether (sulfide) groups is 1. The van der Waals surface area contributed by atoms with Crippen LogP contribution >= 0.6 is 24.0 Å². The lowest BCUT2D eigenvalue weighted by Crippen LogP contribution is -1.88. The van der Waals surface area contributed by atoms with Gasteiger partial charge >= 0.3 is 0 Å². The van der Waals surface area contributed by atoms with Crippen molar-refractivity contribution in [3.05, 3.63) is 22.8 Å². The predicted octanol–water partition coefficient (Wildman–Crippen LogP) is 3.92. The third-order valence-corrected chi connectivity index (χ3v) is 3.18. The molecule has 0 aliphatic rings. The fourth-order valence-electron chi connectivity index (χ4n) is 1.58. The largest absolute Gasteiger partial charge is 0.194 e. The van der Waals surface area contributed by atoms with Gasteiger partial charge in [-0.1, -0.05) is 6.07 Å². The Bertz CT molecular complexity index is 480. The summed E-state index contributed by atoms with van der Waals surface area (Å²) in [6, 6.07) is 2.01. The highest BCUT2D eigenvalue weighted by Gasteiger charge is 2.10. The lowest BCUT2D eigenvalue weighted by molar-refractivity contribution is 1.18. The van der Waals surface area contributed by atoms with Gasteiger partial charge in [-0.15, -0.1) is 0 Å². The zero-order valence-corrected chi connectivity index (χ0v) is 10.4. The number of isothiocyanates is 1. The Morgan fingerprint density at radius 3 is 2.53 bits per heavy atom. The van der Waals surface area contributed by atoms with Crippen molar-refractivity contribution in [2.24, 2.45) is 4.99 Å². The minimum absolute atomic E-state index is 0.827. The van der Waals surface area contributed by atoms with Gasteiger partial charge in [0.1, 0.15) is 5.40 Å². The molecule has 1 aromatic carbocycles. The van der Waals surface area contributed by atoms with Gasteiger partial charge in [0.15, 0.2) is 0 Å². The van der Waals surface area contributed by atoms with Crippen molar-refractivity contribution in [2.75, 3.05) is 0 Å². The van der Waals surface area contributed by atoms with Crippen LogP contribution in [-0.4, -0.2) is 5.16 Å². The molecule has 0 saturated heterocycles. The van der Waals surface area contributed by atoms with Crippen LogP contribution in [0.1, 0.15) is 16.7 Å². The average Bonchev–Trinajstić information content (AvgIpc) is 2.19. The van der Waals surface area contributed by atoms with Crippen molar-refractivity contribution in [3.8, 4) is 5.40 Å². The Kier molecular flexibility index (Phi) is 4.05. The topological polar surface area (TPSA) is 36.1 Å². The maximum Gasteiger partial charge on any atom is 0.138 e. The van der Waals surface area contributed by atoms with E-state index >= 15 is 0 Å². The molecular formula is C11H10N2S2. The van der Waals surface area contributed by atoms with E-state index in [1.165, 1.54) is 0 Å². The Morgan fingerprint density at radius 2 is 2.00 bits per heavy atom. The number of benzene rings is 1. The van der Waals surface area contributed by atoms with E-state index < -0.39 is 0 Å². The summed E-state index contributed by atoms with van der Waals surface area (Å²) < 4.78 is 0. The van der Waals surface area contributed by atoms with Crippen molar-refractivity contribution < 1.29 is 0 Å². The zero-order chi connectivity index (χ0) is 11.4. The number of hydrogen-bond acceptors (Lipinski definition) is 4. The highest BCUT2D eigenvalue weighted by atomic mass is 32.2. The van der Waals surface area contributed by atoms with E-state index in [0.29, 0.717) is 0 Å². The second kappa shape index (κ2) is 5.09. The Balaban J connectivity index is 3.49. The monoisotopic (exact) mass is 234 g/mol. The van der Waals surface area contributed by atoms with Crippen LogP contribution in [0.15, 0.2) is 16.0 Å². The van der Waals surface area contributed by atoms with Crippen LogP contribution in [0.3, 0.4) is 0 Å². The molecule has 0 heterocycles. The fraction of sp³-hybridized carbons (Fsp3) is 0.273. The van der Waals surface area contributed by atoms with E-state index in [-0.39, 0.29) is 0 Å². The van der Waals surface area contributed by atoms with Crippen molar-refractivity contribution in [2.45, 2.75) is 25.7 Å². The highest BCUT2D eigenvalue weighted by Crippen LogP contribution is 2.34. The predicted molar refractivity (Wildman–Crippen MR) is 66.8 cm³/mol. The maximum absolute atomic E-state index is 8.70. The molecule has 0 atom stereocenters. The standard InChI is InChI=1S/C11H10N2S2/c1-7-4-8(2)11(15-5-12)9(3)10(7)13-6-14/h4H,1-3H3. The lowest BCUT2D eigenvalue weighted by Gasteiger charge is -2.10. The molecule has 0 N–H and O–H groups in total. The van der Waals surface area contributed by atoms with Crippen molar-refractivity contribution in [1.29, 1.82) is 5.26 Å². The second-order valence-electron chi connectivity index (χ2n) is 3.21. The molecule has 0 saturated carbocycles. The van der Waals surface area contributed by atoms with Crippen LogP contribution in [0.4, 0.5) is 5.69 Å². The molecule has 0 spiro atoms. The quantitative estimate of drug-likeness (QED) is 0.337. The summed E-state index contributed by atoms with van der Waals surface area (Å²) in [6.45, 7) is 5.92. The van der Waals surface area contributed by atoms with Gasteiger partial charge in [-0.25, -0.2) is 0 Å². The second-order valence-corrected chi connectivity index (χ2v) is 4.19. The van der Waals surface area contributed by atoms with Crippen molar-refractivity contribution >= 4 is 34.8 Å². The minimum atomic E-state index is 0.827. The van der Waals surface area contributed by atoms with Gasteiger partial charge in [-0.3, -0.25) is 0 Å². The first-order valence-corrected chi connectivity index (χ1v) is 5.59. The molecule has 1 rings (SSSR count). The first-order valence-electron chi connectivity index (χ1n) is 4.36. The molecule has 0 aliphatic heterocycles. The first-order chi connectivity index (χ1) is 7.11. The van der Waals surface area contributed by atoms with Crippen LogP contribution in [0.5, 0.6) is 0 Å². The molecule has 15 heavy (non-hydrogen) atoms. The molecule has 0 unspecified atom stereocenters. The molecular weight excluding hydrogens is 224 g/mol. The van der Waals surface area contributed by atoms with Gasteiger partial charge in [0, 0.05) is 4.90 Å². The normalized spacial score (nSPS) is 9.20.